The van der Waals surface area contributed by atoms with Gasteiger partial charge in [-0.3, -0.25) is 0 Å². The van der Waals surface area contributed by atoms with E-state index in [9.17, 15) is 5.11 Å². The fraction of sp³-hybridized carbons (Fsp3) is 0.333. The molecule has 4 aromatic rings. The highest BCUT2D eigenvalue weighted by Gasteiger charge is 2.20. The Morgan fingerprint density at radius 3 is 2.85 bits per heavy atom. The summed E-state index contributed by atoms with van der Waals surface area (Å²) in [4.78, 5) is 5.50. The summed E-state index contributed by atoms with van der Waals surface area (Å²) in [6.07, 6.45) is 0. The van der Waals surface area contributed by atoms with Gasteiger partial charge in [0.1, 0.15) is 5.52 Å². The molecular weight excluding hydrogens is 350 g/mol. The van der Waals surface area contributed by atoms with Crippen molar-refractivity contribution < 1.29 is 9.63 Å². The highest BCUT2D eigenvalue weighted by atomic mass is 32.1. The van der Waals surface area contributed by atoms with E-state index in [0.717, 1.165) is 27.0 Å². The van der Waals surface area contributed by atoms with Crippen molar-refractivity contribution >= 4 is 22.4 Å². The Morgan fingerprint density at radius 2 is 2.12 bits per heavy atom. The predicted molar refractivity (Wildman–Crippen MR) is 99.7 cm³/mol. The number of hydrogen-bond acceptors (Lipinski definition) is 7. The maximum Gasteiger partial charge on any atom is 0.268 e. The number of fused-ring (bicyclic) bond motifs is 1. The summed E-state index contributed by atoms with van der Waals surface area (Å²) in [7, 11) is 0. The van der Waals surface area contributed by atoms with Crippen LogP contribution in [0.15, 0.2) is 34.2 Å². The van der Waals surface area contributed by atoms with Crippen LogP contribution in [0.1, 0.15) is 19.4 Å². The fourth-order valence-electron chi connectivity index (χ4n) is 2.71. The lowest BCUT2D eigenvalue weighted by Gasteiger charge is -2.21. The summed E-state index contributed by atoms with van der Waals surface area (Å²) < 4.78 is 7.23. The molecule has 7 nitrogen and oxygen atoms in total. The monoisotopic (exact) mass is 369 g/mol. The molecule has 0 saturated heterocycles. The summed E-state index contributed by atoms with van der Waals surface area (Å²) in [6, 6.07) is 7.82. The molecule has 0 unspecified atom stereocenters. The van der Waals surface area contributed by atoms with Crippen molar-refractivity contribution in [1.82, 2.24) is 25.1 Å². The van der Waals surface area contributed by atoms with Crippen molar-refractivity contribution in [3.8, 4) is 22.2 Å². The molecule has 3 aromatic heterocycles. The number of hydrogen-bond donors (Lipinski definition) is 1. The van der Waals surface area contributed by atoms with E-state index in [4.69, 9.17) is 4.52 Å². The van der Waals surface area contributed by atoms with Crippen LogP contribution in [0.5, 0.6) is 0 Å². The average Bonchev–Trinajstić information content (AvgIpc) is 3.34. The molecule has 0 aliphatic heterocycles. The molecule has 0 aliphatic rings. The molecule has 26 heavy (non-hydrogen) atoms. The second-order valence-electron chi connectivity index (χ2n) is 7.13. The van der Waals surface area contributed by atoms with Crippen molar-refractivity contribution in [3.05, 3.63) is 35.2 Å². The third-order valence-electron chi connectivity index (χ3n) is 4.26. The van der Waals surface area contributed by atoms with E-state index in [1.807, 2.05) is 55.1 Å². The SMILES string of the molecule is Cc1ccsc1-c1nc(-c2ccc3c(c2)nnn3CC(C)(C)CO)no1. The first-order valence-electron chi connectivity index (χ1n) is 8.29. The molecule has 0 fully saturated rings. The van der Waals surface area contributed by atoms with Crippen molar-refractivity contribution in [2.24, 2.45) is 5.41 Å². The Kier molecular flexibility index (Phi) is 4.08. The van der Waals surface area contributed by atoms with Crippen LogP contribution in [0.3, 0.4) is 0 Å². The minimum absolute atomic E-state index is 0.0835. The van der Waals surface area contributed by atoms with E-state index in [0.29, 0.717) is 18.3 Å². The zero-order valence-electron chi connectivity index (χ0n) is 14.8. The Morgan fingerprint density at radius 1 is 1.27 bits per heavy atom. The molecule has 3 heterocycles. The Hall–Kier alpha value is -2.58. The summed E-state index contributed by atoms with van der Waals surface area (Å²) in [6.45, 7) is 6.67. The Bertz CT molecular complexity index is 1060. The Labute approximate surface area is 154 Å². The van der Waals surface area contributed by atoms with E-state index in [2.05, 4.69) is 20.5 Å². The molecule has 8 heteroatoms. The van der Waals surface area contributed by atoms with E-state index >= 15 is 0 Å². The second kappa shape index (κ2) is 6.30. The van der Waals surface area contributed by atoms with Crippen LogP contribution in [0.25, 0.3) is 33.2 Å². The lowest BCUT2D eigenvalue weighted by molar-refractivity contribution is 0.137. The maximum atomic E-state index is 9.47. The summed E-state index contributed by atoms with van der Waals surface area (Å²) in [5.74, 6) is 1.06. The van der Waals surface area contributed by atoms with Gasteiger partial charge in [0.05, 0.1) is 16.9 Å². The average molecular weight is 369 g/mol. The van der Waals surface area contributed by atoms with Crippen molar-refractivity contribution in [2.75, 3.05) is 6.61 Å². The zero-order valence-corrected chi connectivity index (χ0v) is 15.6. The van der Waals surface area contributed by atoms with Gasteiger partial charge in [0.2, 0.25) is 5.82 Å². The summed E-state index contributed by atoms with van der Waals surface area (Å²) in [5, 5.41) is 24.0. The van der Waals surface area contributed by atoms with Crippen molar-refractivity contribution in [1.29, 1.82) is 0 Å². The zero-order chi connectivity index (χ0) is 18.3. The highest BCUT2D eigenvalue weighted by molar-refractivity contribution is 7.13. The molecule has 0 radical (unpaired) electrons. The van der Waals surface area contributed by atoms with Crippen LogP contribution < -0.4 is 0 Å². The molecule has 0 aliphatic carbocycles. The van der Waals surface area contributed by atoms with E-state index in [1.165, 1.54) is 0 Å². The first-order chi connectivity index (χ1) is 12.5. The summed E-state index contributed by atoms with van der Waals surface area (Å²) >= 11 is 1.58. The maximum absolute atomic E-state index is 9.47. The van der Waals surface area contributed by atoms with Gasteiger partial charge in [-0.25, -0.2) is 4.68 Å². The van der Waals surface area contributed by atoms with Gasteiger partial charge in [0.25, 0.3) is 5.89 Å². The first kappa shape index (κ1) is 16.9. The molecular formula is C18H19N5O2S. The minimum Gasteiger partial charge on any atom is -0.396 e. The van der Waals surface area contributed by atoms with Crippen LogP contribution in [0, 0.1) is 12.3 Å². The van der Waals surface area contributed by atoms with Crippen LogP contribution in [-0.2, 0) is 6.54 Å². The van der Waals surface area contributed by atoms with Crippen LogP contribution in [0.2, 0.25) is 0 Å². The number of nitrogens with zero attached hydrogens (tertiary/aromatic N) is 5. The lowest BCUT2D eigenvalue weighted by Crippen LogP contribution is -2.24. The third-order valence-corrected chi connectivity index (χ3v) is 5.26. The number of aliphatic hydroxyl groups excluding tert-OH is 1. The molecule has 0 bridgehead atoms. The van der Waals surface area contributed by atoms with Gasteiger partial charge in [-0.05, 0) is 42.1 Å². The van der Waals surface area contributed by atoms with Gasteiger partial charge in [0, 0.05) is 17.6 Å². The first-order valence-corrected chi connectivity index (χ1v) is 9.17. The topological polar surface area (TPSA) is 89.9 Å². The summed E-state index contributed by atoms with van der Waals surface area (Å²) in [5.41, 5.74) is 3.36. The van der Waals surface area contributed by atoms with Gasteiger partial charge in [-0.15, -0.1) is 16.4 Å². The van der Waals surface area contributed by atoms with Gasteiger partial charge in [-0.2, -0.15) is 4.98 Å². The molecule has 134 valence electrons. The second-order valence-corrected chi connectivity index (χ2v) is 8.04. The van der Waals surface area contributed by atoms with Gasteiger partial charge < -0.3 is 9.63 Å². The minimum atomic E-state index is -0.263. The van der Waals surface area contributed by atoms with Crippen LogP contribution in [0.4, 0.5) is 0 Å². The molecule has 0 saturated carbocycles. The molecule has 4 rings (SSSR count). The lowest BCUT2D eigenvalue weighted by atomic mass is 9.95. The van der Waals surface area contributed by atoms with Crippen molar-refractivity contribution in [3.63, 3.8) is 0 Å². The predicted octanol–water partition coefficient (Wildman–Crippen LogP) is 3.54. The number of aromatic nitrogens is 5. The Balaban J connectivity index is 1.67. The number of rotatable bonds is 5. The number of aryl methyl sites for hydroxylation is 1. The van der Waals surface area contributed by atoms with E-state index < -0.39 is 0 Å². The van der Waals surface area contributed by atoms with E-state index in [1.54, 1.807) is 11.3 Å². The quantitative estimate of drug-likeness (QED) is 0.579. The fourth-order valence-corrected chi connectivity index (χ4v) is 3.55. The number of thiophene rings is 1. The molecule has 1 aromatic carbocycles. The normalized spacial score (nSPS) is 12.2. The largest absolute Gasteiger partial charge is 0.396 e. The van der Waals surface area contributed by atoms with Gasteiger partial charge in [-0.1, -0.05) is 24.2 Å². The smallest absolute Gasteiger partial charge is 0.268 e. The van der Waals surface area contributed by atoms with Gasteiger partial charge in [0.15, 0.2) is 0 Å². The standard InChI is InChI=1S/C18H19N5O2S/c1-11-6-7-26-15(11)17-19-16(21-25-17)12-4-5-14-13(8-12)20-22-23(14)9-18(2,3)10-24/h4-8,24H,9-10H2,1-3H3. The number of aliphatic hydroxyl groups is 1. The molecule has 1 N–H and O–H groups in total. The van der Waals surface area contributed by atoms with Gasteiger partial charge >= 0.3 is 0 Å². The molecule has 0 spiro atoms. The molecule has 0 atom stereocenters. The number of benzene rings is 1. The van der Waals surface area contributed by atoms with E-state index in [-0.39, 0.29) is 12.0 Å². The third kappa shape index (κ3) is 3.02. The van der Waals surface area contributed by atoms with Crippen molar-refractivity contribution in [2.45, 2.75) is 27.3 Å². The van der Waals surface area contributed by atoms with Crippen LogP contribution >= 0.6 is 11.3 Å². The van der Waals surface area contributed by atoms with Crippen LogP contribution in [-0.4, -0.2) is 36.8 Å². The molecule has 0 amide bonds. The highest BCUT2D eigenvalue weighted by Crippen LogP contribution is 2.30.